The highest BCUT2D eigenvalue weighted by Gasteiger charge is 2.16. The van der Waals surface area contributed by atoms with Crippen molar-refractivity contribution in [3.63, 3.8) is 0 Å². The molecule has 34 heavy (non-hydrogen) atoms. The molecule has 0 bridgehead atoms. The molecule has 0 aromatic heterocycles. The second-order valence-electron chi connectivity index (χ2n) is 8.84. The molecule has 8 nitrogen and oxygen atoms in total. The van der Waals surface area contributed by atoms with Gasteiger partial charge in [0, 0.05) is 25.2 Å². The number of hydrogen-bond donors (Lipinski definition) is 3. The Labute approximate surface area is 201 Å². The van der Waals surface area contributed by atoms with Crippen LogP contribution in [0.1, 0.15) is 51.7 Å². The average Bonchev–Trinajstić information content (AvgIpc) is 2.77. The molecule has 2 rings (SSSR count). The van der Waals surface area contributed by atoms with Gasteiger partial charge in [-0.15, -0.1) is 0 Å². The molecule has 184 valence electrons. The minimum Gasteiger partial charge on any atom is -0.484 e. The van der Waals surface area contributed by atoms with Crippen LogP contribution in [0.3, 0.4) is 0 Å². The van der Waals surface area contributed by atoms with E-state index < -0.39 is 11.7 Å². The number of nitrogens with one attached hydrogen (secondary N) is 3. The summed E-state index contributed by atoms with van der Waals surface area (Å²) >= 11 is 0. The predicted octanol–water partition coefficient (Wildman–Crippen LogP) is 4.19. The van der Waals surface area contributed by atoms with Gasteiger partial charge in [-0.05, 0) is 56.5 Å². The van der Waals surface area contributed by atoms with Crippen LogP contribution in [0, 0.1) is 0 Å². The highest BCUT2D eigenvalue weighted by atomic mass is 16.6. The molecule has 0 atom stereocenters. The van der Waals surface area contributed by atoms with E-state index in [0.29, 0.717) is 11.4 Å². The Morgan fingerprint density at radius 1 is 0.912 bits per heavy atom. The maximum atomic E-state index is 12.4. The fourth-order valence-corrected chi connectivity index (χ4v) is 3.05. The summed E-state index contributed by atoms with van der Waals surface area (Å²) in [4.78, 5) is 36.1. The average molecular weight is 470 g/mol. The summed E-state index contributed by atoms with van der Waals surface area (Å²) in [7, 11) is 0. The quantitative estimate of drug-likeness (QED) is 0.458. The van der Waals surface area contributed by atoms with Crippen molar-refractivity contribution in [1.82, 2.24) is 10.6 Å². The predicted molar refractivity (Wildman–Crippen MR) is 132 cm³/mol. The second kappa shape index (κ2) is 13.2. The number of carbonyl (C=O) groups is 3. The highest BCUT2D eigenvalue weighted by Crippen LogP contribution is 2.16. The van der Waals surface area contributed by atoms with Crippen molar-refractivity contribution < 1.29 is 23.9 Å². The Bertz CT molecular complexity index is 952. The molecule has 0 saturated heterocycles. The van der Waals surface area contributed by atoms with Crippen molar-refractivity contribution in [2.45, 2.75) is 59.1 Å². The summed E-state index contributed by atoms with van der Waals surface area (Å²) in [6.45, 7) is 7.72. The molecule has 0 unspecified atom stereocenters. The largest absolute Gasteiger partial charge is 0.484 e. The number of alkyl carbamates (subject to hydrolysis) is 1. The molecule has 3 amide bonds. The van der Waals surface area contributed by atoms with E-state index in [-0.39, 0.29) is 37.9 Å². The number of rotatable bonds is 11. The molecule has 0 fully saturated rings. The van der Waals surface area contributed by atoms with Crippen molar-refractivity contribution in [2.75, 3.05) is 18.5 Å². The maximum Gasteiger partial charge on any atom is 0.407 e. The number of hydrogen-bond acceptors (Lipinski definition) is 5. The zero-order valence-electron chi connectivity index (χ0n) is 20.4. The Kier molecular flexibility index (Phi) is 10.4. The van der Waals surface area contributed by atoms with Crippen LogP contribution >= 0.6 is 0 Å². The van der Waals surface area contributed by atoms with Crippen molar-refractivity contribution in [3.8, 4) is 5.75 Å². The van der Waals surface area contributed by atoms with Crippen molar-refractivity contribution in [3.05, 3.63) is 59.7 Å². The van der Waals surface area contributed by atoms with Crippen LogP contribution in [0.2, 0.25) is 0 Å². The number of amides is 3. The van der Waals surface area contributed by atoms with Gasteiger partial charge in [-0.2, -0.15) is 0 Å². The van der Waals surface area contributed by atoms with Crippen LogP contribution in [0.15, 0.2) is 48.5 Å². The van der Waals surface area contributed by atoms with Gasteiger partial charge >= 0.3 is 6.09 Å². The van der Waals surface area contributed by atoms with Crippen LogP contribution in [-0.4, -0.2) is 36.7 Å². The number of para-hydroxylation sites is 1. The van der Waals surface area contributed by atoms with Gasteiger partial charge in [0.25, 0.3) is 5.91 Å². The standard InChI is InChI=1S/C26H35N3O5/c1-5-8-19-11-13-21(14-12-19)33-18-24(31)29-22-10-7-6-9-20(22)17-28-23(30)15-16-27-25(32)34-26(2,3)4/h6-7,9-14H,5,8,15-18H2,1-4H3,(H,27,32)(H,28,30)(H,29,31). The molecule has 2 aromatic carbocycles. The zero-order chi connectivity index (χ0) is 25.0. The van der Waals surface area contributed by atoms with E-state index in [2.05, 4.69) is 22.9 Å². The van der Waals surface area contributed by atoms with E-state index in [1.807, 2.05) is 36.4 Å². The summed E-state index contributed by atoms with van der Waals surface area (Å²) < 4.78 is 10.7. The van der Waals surface area contributed by atoms with Crippen LogP contribution in [-0.2, 0) is 27.3 Å². The molecule has 8 heteroatoms. The molecule has 0 radical (unpaired) electrons. The third kappa shape index (κ3) is 10.4. The van der Waals surface area contributed by atoms with Crippen LogP contribution in [0.5, 0.6) is 5.75 Å². The number of ether oxygens (including phenoxy) is 2. The Morgan fingerprint density at radius 3 is 2.29 bits per heavy atom. The normalized spacial score (nSPS) is 10.8. The number of benzene rings is 2. The SMILES string of the molecule is CCCc1ccc(OCC(=O)Nc2ccccc2CNC(=O)CCNC(=O)OC(C)(C)C)cc1. The zero-order valence-corrected chi connectivity index (χ0v) is 20.4. The third-order valence-electron chi connectivity index (χ3n) is 4.62. The summed E-state index contributed by atoms with van der Waals surface area (Å²) in [5.41, 5.74) is 2.00. The van der Waals surface area contributed by atoms with E-state index in [9.17, 15) is 14.4 Å². The van der Waals surface area contributed by atoms with Crippen molar-refractivity contribution >= 4 is 23.6 Å². The first-order chi connectivity index (χ1) is 16.2. The van der Waals surface area contributed by atoms with E-state index >= 15 is 0 Å². The monoisotopic (exact) mass is 469 g/mol. The van der Waals surface area contributed by atoms with Gasteiger partial charge in [0.05, 0.1) is 0 Å². The van der Waals surface area contributed by atoms with E-state index in [0.717, 1.165) is 18.4 Å². The first-order valence-corrected chi connectivity index (χ1v) is 11.5. The molecule has 0 aliphatic carbocycles. The molecule has 0 aliphatic heterocycles. The lowest BCUT2D eigenvalue weighted by Crippen LogP contribution is -2.35. The van der Waals surface area contributed by atoms with Gasteiger partial charge in [0.1, 0.15) is 11.4 Å². The molecular weight excluding hydrogens is 434 g/mol. The van der Waals surface area contributed by atoms with E-state index in [4.69, 9.17) is 9.47 Å². The molecule has 0 spiro atoms. The number of aryl methyl sites for hydroxylation is 1. The van der Waals surface area contributed by atoms with Gasteiger partial charge in [-0.3, -0.25) is 9.59 Å². The van der Waals surface area contributed by atoms with Crippen molar-refractivity contribution in [2.24, 2.45) is 0 Å². The van der Waals surface area contributed by atoms with Gasteiger partial charge in [-0.1, -0.05) is 43.7 Å². The summed E-state index contributed by atoms with van der Waals surface area (Å²) in [5.74, 6) is 0.112. The Balaban J connectivity index is 1.77. The lowest BCUT2D eigenvalue weighted by molar-refractivity contribution is -0.121. The molecular formula is C26H35N3O5. The summed E-state index contributed by atoms with van der Waals surface area (Å²) in [6, 6.07) is 14.9. The van der Waals surface area contributed by atoms with Gasteiger partial charge in [0.2, 0.25) is 5.91 Å². The van der Waals surface area contributed by atoms with Crippen LogP contribution in [0.25, 0.3) is 0 Å². The topological polar surface area (TPSA) is 106 Å². The van der Waals surface area contributed by atoms with Gasteiger partial charge in [0.15, 0.2) is 6.61 Å². The fourth-order valence-electron chi connectivity index (χ4n) is 3.05. The summed E-state index contributed by atoms with van der Waals surface area (Å²) in [5, 5.41) is 8.17. The molecule has 2 aromatic rings. The third-order valence-corrected chi connectivity index (χ3v) is 4.62. The van der Waals surface area contributed by atoms with Gasteiger partial charge < -0.3 is 25.4 Å². The lowest BCUT2D eigenvalue weighted by Gasteiger charge is -2.19. The summed E-state index contributed by atoms with van der Waals surface area (Å²) in [6.07, 6.45) is 1.63. The minimum absolute atomic E-state index is 0.110. The molecule has 3 N–H and O–H groups in total. The van der Waals surface area contributed by atoms with Gasteiger partial charge in [-0.25, -0.2) is 4.79 Å². The first kappa shape index (κ1) is 26.7. The lowest BCUT2D eigenvalue weighted by atomic mass is 10.1. The number of carbonyl (C=O) groups excluding carboxylic acids is 3. The van der Waals surface area contributed by atoms with Crippen LogP contribution in [0.4, 0.5) is 10.5 Å². The fraction of sp³-hybridized carbons (Fsp3) is 0.423. The first-order valence-electron chi connectivity index (χ1n) is 11.5. The van der Waals surface area contributed by atoms with Crippen molar-refractivity contribution in [1.29, 1.82) is 0 Å². The molecule has 0 saturated carbocycles. The number of anilines is 1. The van der Waals surface area contributed by atoms with Crippen LogP contribution < -0.4 is 20.7 Å². The second-order valence-corrected chi connectivity index (χ2v) is 8.84. The Morgan fingerprint density at radius 2 is 1.62 bits per heavy atom. The molecule has 0 heterocycles. The van der Waals surface area contributed by atoms with E-state index in [1.54, 1.807) is 32.9 Å². The highest BCUT2D eigenvalue weighted by molar-refractivity contribution is 5.92. The minimum atomic E-state index is -0.592. The molecule has 0 aliphatic rings. The maximum absolute atomic E-state index is 12.4. The smallest absolute Gasteiger partial charge is 0.407 e. The Hall–Kier alpha value is -3.55. The van der Waals surface area contributed by atoms with E-state index in [1.165, 1.54) is 5.56 Å².